The molecule has 10 aromatic carbocycles. The summed E-state index contributed by atoms with van der Waals surface area (Å²) in [5.74, 6) is 0. The highest BCUT2D eigenvalue weighted by Crippen LogP contribution is 2.71. The third-order valence-electron chi connectivity index (χ3n) is 16.9. The van der Waals surface area contributed by atoms with Gasteiger partial charge in [0.05, 0.1) is 5.69 Å². The maximum atomic E-state index is 2.53. The maximum absolute atomic E-state index is 2.53. The zero-order valence-electron chi connectivity index (χ0n) is 50.3. The van der Waals surface area contributed by atoms with E-state index >= 15 is 0 Å². The van der Waals surface area contributed by atoms with Crippen LogP contribution in [0.5, 0.6) is 0 Å². The Kier molecular flexibility index (Phi) is 17.0. The average Bonchev–Trinajstić information content (AvgIpc) is 3.58. The summed E-state index contributed by atoms with van der Waals surface area (Å²) in [6, 6.07) is 77.1. The molecule has 0 heterocycles. The molecule has 0 spiro atoms. The lowest BCUT2D eigenvalue weighted by Crippen LogP contribution is -2.37. The summed E-state index contributed by atoms with van der Waals surface area (Å²) in [4.78, 5) is 5.48. The van der Waals surface area contributed by atoms with Crippen LogP contribution in [0.1, 0.15) is 114 Å². The van der Waals surface area contributed by atoms with Gasteiger partial charge in [0.1, 0.15) is 0 Å². The standard InChI is InChI=1S/C57H55NS.C16H28S.C2H6/c1-56(2,3)59(7,57(4,5)6)43-37-35-42(36-38-43)58(41-24-12-9-13-25-41)55-51-32-20-18-30-49(51)54(50-31-19-21-33-52(50)55)53-47-28-16-14-26-44(47)46(45-27-15-17-29-48(45)53)39-34-40-22-10-8-11-23-40;1-13-9-11-14(12-10-13)17(8,15(2,3)4)16(5,6)7;1-2/h8-33,35-38H,34,39H2,1-7H3;9-12H,1-8H3;1-2H3. The Morgan fingerprint density at radius 2 is 0.615 bits per heavy atom. The van der Waals surface area contributed by atoms with Crippen LogP contribution in [-0.4, -0.2) is 31.5 Å². The summed E-state index contributed by atoms with van der Waals surface area (Å²) in [6.45, 7) is 35.0. The van der Waals surface area contributed by atoms with E-state index in [1.54, 1.807) is 0 Å². The molecule has 0 bridgehead atoms. The second-order valence-corrected chi connectivity index (χ2v) is 34.5. The van der Waals surface area contributed by atoms with E-state index in [-0.39, 0.29) is 9.49 Å². The first-order valence-electron chi connectivity index (χ1n) is 28.4. The Hall–Kier alpha value is -6.26. The fourth-order valence-corrected chi connectivity index (χ4v) is 20.1. The molecule has 0 atom stereocenters. The minimum absolute atomic E-state index is 0.141. The summed E-state index contributed by atoms with van der Waals surface area (Å²) in [7, 11) is -2.07. The van der Waals surface area contributed by atoms with Gasteiger partial charge in [-0.2, -0.15) is 0 Å². The van der Waals surface area contributed by atoms with Crippen molar-refractivity contribution in [1.82, 2.24) is 0 Å². The van der Waals surface area contributed by atoms with Crippen molar-refractivity contribution in [3.63, 3.8) is 0 Å². The highest BCUT2D eigenvalue weighted by Gasteiger charge is 2.44. The van der Waals surface area contributed by atoms with Crippen molar-refractivity contribution in [2.45, 2.75) is 145 Å². The molecule has 10 rings (SSSR count). The second kappa shape index (κ2) is 22.8. The summed E-state index contributed by atoms with van der Waals surface area (Å²) in [5.41, 5.74) is 10.2. The van der Waals surface area contributed by atoms with E-state index in [1.165, 1.54) is 86.4 Å². The van der Waals surface area contributed by atoms with Crippen LogP contribution < -0.4 is 4.90 Å². The van der Waals surface area contributed by atoms with Crippen molar-refractivity contribution in [3.05, 3.63) is 223 Å². The minimum atomic E-state index is -1.20. The highest BCUT2D eigenvalue weighted by molar-refractivity contribution is 8.35. The molecule has 1 nitrogen and oxygen atoms in total. The lowest BCUT2D eigenvalue weighted by molar-refractivity contribution is 0.709. The van der Waals surface area contributed by atoms with Crippen LogP contribution in [-0.2, 0) is 12.8 Å². The van der Waals surface area contributed by atoms with E-state index in [4.69, 9.17) is 0 Å². The van der Waals surface area contributed by atoms with Crippen LogP contribution in [0.25, 0.3) is 54.2 Å². The van der Waals surface area contributed by atoms with Crippen molar-refractivity contribution >= 4 is 80.2 Å². The summed E-state index contributed by atoms with van der Waals surface area (Å²) >= 11 is 0. The normalized spacial score (nSPS) is 12.9. The number of rotatable bonds is 9. The number of nitrogens with zero attached hydrogens (tertiary/aromatic N) is 1. The van der Waals surface area contributed by atoms with Gasteiger partial charge < -0.3 is 4.90 Å². The van der Waals surface area contributed by atoms with Gasteiger partial charge in [-0.15, -0.1) is 0 Å². The topological polar surface area (TPSA) is 3.24 Å². The lowest BCUT2D eigenvalue weighted by Gasteiger charge is -2.57. The Morgan fingerprint density at radius 1 is 0.321 bits per heavy atom. The Morgan fingerprint density at radius 3 is 0.987 bits per heavy atom. The molecule has 0 aliphatic carbocycles. The third kappa shape index (κ3) is 10.8. The minimum Gasteiger partial charge on any atom is -0.309 e. The Labute approximate surface area is 474 Å². The fraction of sp³-hybridized carbons (Fsp3) is 0.307. The quantitative estimate of drug-likeness (QED) is 0.130. The highest BCUT2D eigenvalue weighted by atomic mass is 32.3. The van der Waals surface area contributed by atoms with E-state index in [1.807, 2.05) is 13.8 Å². The molecule has 10 aromatic rings. The van der Waals surface area contributed by atoms with Crippen molar-refractivity contribution in [2.75, 3.05) is 17.4 Å². The van der Waals surface area contributed by atoms with E-state index < -0.39 is 20.1 Å². The number of hydrogen-bond acceptors (Lipinski definition) is 1. The molecule has 78 heavy (non-hydrogen) atoms. The molecule has 0 saturated carbocycles. The van der Waals surface area contributed by atoms with Crippen LogP contribution in [0.3, 0.4) is 0 Å². The average molecular weight is 1070 g/mol. The van der Waals surface area contributed by atoms with Crippen molar-refractivity contribution in [2.24, 2.45) is 0 Å². The number of hydrogen-bond donors (Lipinski definition) is 0. The predicted molar refractivity (Wildman–Crippen MR) is 356 cm³/mol. The number of anilines is 3. The molecule has 0 aliphatic heterocycles. The molecule has 0 saturated heterocycles. The largest absolute Gasteiger partial charge is 0.309 e. The molecule has 0 unspecified atom stereocenters. The van der Waals surface area contributed by atoms with E-state index in [9.17, 15) is 0 Å². The lowest BCUT2D eigenvalue weighted by atomic mass is 9.82. The van der Waals surface area contributed by atoms with Gasteiger partial charge in [0, 0.05) is 22.1 Å². The number of benzene rings is 10. The monoisotopic (exact) mass is 1070 g/mol. The van der Waals surface area contributed by atoms with Crippen molar-refractivity contribution < 1.29 is 0 Å². The Bertz CT molecular complexity index is 3500. The molecule has 0 amide bonds. The van der Waals surface area contributed by atoms with Crippen LogP contribution >= 0.6 is 20.1 Å². The zero-order valence-corrected chi connectivity index (χ0v) is 51.9. The van der Waals surface area contributed by atoms with Gasteiger partial charge in [-0.25, -0.2) is 20.1 Å². The van der Waals surface area contributed by atoms with Gasteiger partial charge in [0.25, 0.3) is 0 Å². The third-order valence-corrected chi connectivity index (χ3v) is 29.1. The predicted octanol–water partition coefficient (Wildman–Crippen LogP) is 23.0. The van der Waals surface area contributed by atoms with Gasteiger partial charge >= 0.3 is 0 Å². The van der Waals surface area contributed by atoms with Crippen LogP contribution in [0.2, 0.25) is 0 Å². The van der Waals surface area contributed by atoms with Gasteiger partial charge in [-0.05, 0) is 164 Å². The van der Waals surface area contributed by atoms with Gasteiger partial charge in [0.2, 0.25) is 0 Å². The molecule has 0 radical (unpaired) electrons. The first-order chi connectivity index (χ1) is 37.0. The van der Waals surface area contributed by atoms with Crippen LogP contribution in [0.15, 0.2) is 216 Å². The van der Waals surface area contributed by atoms with Gasteiger partial charge in [0.15, 0.2) is 0 Å². The van der Waals surface area contributed by atoms with Gasteiger partial charge in [-0.3, -0.25) is 0 Å². The number of aryl methyl sites for hydroxylation is 3. The fourth-order valence-electron chi connectivity index (χ4n) is 12.2. The van der Waals surface area contributed by atoms with Crippen molar-refractivity contribution in [1.29, 1.82) is 0 Å². The summed E-state index contributed by atoms with van der Waals surface area (Å²) in [6.07, 6.45) is 6.98. The van der Waals surface area contributed by atoms with Crippen LogP contribution in [0, 0.1) is 6.92 Å². The SMILES string of the molecule is CC.CC(C)(C)S(C)(c1ccc(N(c2ccccc2)c2c3ccccc3c(-c3c4ccccc4c(CCc4ccccc4)c4ccccc34)c3ccccc23)cc1)C(C)(C)C.Cc1ccc(S(C)(C(C)(C)C)C(C)(C)C)cc1. The first kappa shape index (κ1) is 57.9. The van der Waals surface area contributed by atoms with Crippen molar-refractivity contribution in [3.8, 4) is 11.1 Å². The van der Waals surface area contributed by atoms with Gasteiger partial charge in [-0.1, -0.05) is 260 Å². The number of para-hydroxylation sites is 1. The second-order valence-electron chi connectivity index (χ2n) is 25.0. The Balaban J connectivity index is 0.000000361. The van der Waals surface area contributed by atoms with E-state index in [2.05, 4.69) is 314 Å². The number of fused-ring (bicyclic) bond motifs is 4. The molecule has 0 aromatic heterocycles. The zero-order chi connectivity index (χ0) is 56.4. The van der Waals surface area contributed by atoms with Crippen LogP contribution in [0.4, 0.5) is 17.1 Å². The molecular formula is C75H89NS2. The van der Waals surface area contributed by atoms with E-state index in [0.29, 0.717) is 9.49 Å². The first-order valence-corrected chi connectivity index (χ1v) is 32.5. The molecule has 0 aliphatic rings. The molecular weight excluding hydrogens is 979 g/mol. The smallest absolute Gasteiger partial charge is 0.0618 e. The molecule has 0 N–H and O–H groups in total. The maximum Gasteiger partial charge on any atom is 0.0618 e. The molecule has 3 heteroatoms. The summed E-state index contributed by atoms with van der Waals surface area (Å²) in [5, 5.41) is 10.2. The molecule has 0 fully saturated rings. The summed E-state index contributed by atoms with van der Waals surface area (Å²) < 4.78 is 0.923. The van der Waals surface area contributed by atoms with E-state index in [0.717, 1.165) is 24.2 Å². The molecule has 406 valence electrons.